The van der Waals surface area contributed by atoms with Crippen molar-refractivity contribution in [3.8, 4) is 0 Å². The fraction of sp³-hybridized carbons (Fsp3) is 1.00. The van der Waals surface area contributed by atoms with Gasteiger partial charge >= 0.3 is 0 Å². The van der Waals surface area contributed by atoms with Gasteiger partial charge in [-0.1, -0.05) is 0 Å². The second-order valence-corrected chi connectivity index (χ2v) is 4.18. The molecular weight excluding hydrogens is 142 g/mol. The average Bonchev–Trinajstić information content (AvgIpc) is 1.84. The van der Waals surface area contributed by atoms with Crippen LogP contribution < -0.4 is 5.32 Å². The van der Waals surface area contributed by atoms with Crippen LogP contribution in [0.25, 0.3) is 0 Å². The first-order chi connectivity index (χ1) is 5.12. The Labute approximate surface area is 67.1 Å². The van der Waals surface area contributed by atoms with Crippen LogP contribution >= 0.6 is 0 Å². The highest BCUT2D eigenvalue weighted by molar-refractivity contribution is 4.99. The van der Waals surface area contributed by atoms with Crippen LogP contribution in [0.3, 0.4) is 0 Å². The van der Waals surface area contributed by atoms with E-state index in [-0.39, 0.29) is 11.1 Å². The summed E-state index contributed by atoms with van der Waals surface area (Å²) in [5.41, 5.74) is 0.163. The molecule has 2 fully saturated rings. The number of morpholine rings is 1. The van der Waals surface area contributed by atoms with Crippen molar-refractivity contribution in [2.75, 3.05) is 26.4 Å². The molecule has 2 saturated heterocycles. The van der Waals surface area contributed by atoms with Gasteiger partial charge in [0.2, 0.25) is 0 Å². The zero-order chi connectivity index (χ0) is 7.95. The van der Waals surface area contributed by atoms with Crippen LogP contribution in [-0.2, 0) is 9.47 Å². The summed E-state index contributed by atoms with van der Waals surface area (Å²) in [6, 6.07) is 0. The van der Waals surface area contributed by atoms with E-state index in [0.29, 0.717) is 0 Å². The molecule has 64 valence electrons. The predicted octanol–water partition coefficient (Wildman–Crippen LogP) is 0.154. The quantitative estimate of drug-likeness (QED) is 0.543. The third-order valence-electron chi connectivity index (χ3n) is 2.39. The Hall–Kier alpha value is -0.120. The van der Waals surface area contributed by atoms with Crippen molar-refractivity contribution in [2.24, 2.45) is 0 Å². The summed E-state index contributed by atoms with van der Waals surface area (Å²) in [7, 11) is 0. The molecule has 3 nitrogen and oxygen atoms in total. The van der Waals surface area contributed by atoms with E-state index in [2.05, 4.69) is 19.2 Å². The van der Waals surface area contributed by atoms with E-state index in [1.165, 1.54) is 0 Å². The van der Waals surface area contributed by atoms with Crippen molar-refractivity contribution < 1.29 is 9.47 Å². The summed E-state index contributed by atoms with van der Waals surface area (Å²) in [5, 5.41) is 3.47. The lowest BCUT2D eigenvalue weighted by molar-refractivity contribution is -0.172. The molecule has 2 rings (SSSR count). The lowest BCUT2D eigenvalue weighted by atomic mass is 9.94. The van der Waals surface area contributed by atoms with Crippen LogP contribution in [0.2, 0.25) is 0 Å². The van der Waals surface area contributed by atoms with Crippen LogP contribution in [0.1, 0.15) is 13.8 Å². The van der Waals surface area contributed by atoms with E-state index < -0.39 is 0 Å². The number of ether oxygens (including phenoxy) is 2. The molecule has 0 atom stereocenters. The van der Waals surface area contributed by atoms with E-state index in [1.807, 2.05) is 0 Å². The van der Waals surface area contributed by atoms with E-state index in [9.17, 15) is 0 Å². The average molecular weight is 157 g/mol. The Morgan fingerprint density at radius 1 is 1.18 bits per heavy atom. The predicted molar refractivity (Wildman–Crippen MR) is 41.6 cm³/mol. The van der Waals surface area contributed by atoms with E-state index in [0.717, 1.165) is 26.4 Å². The summed E-state index contributed by atoms with van der Waals surface area (Å²) in [5.74, 6) is 0. The van der Waals surface area contributed by atoms with Crippen molar-refractivity contribution in [2.45, 2.75) is 25.0 Å². The maximum absolute atomic E-state index is 5.68. The molecule has 11 heavy (non-hydrogen) atoms. The Morgan fingerprint density at radius 2 is 1.91 bits per heavy atom. The zero-order valence-corrected chi connectivity index (χ0v) is 7.14. The smallest absolute Gasteiger partial charge is 0.0891 e. The number of rotatable bonds is 0. The summed E-state index contributed by atoms with van der Waals surface area (Å²) >= 11 is 0. The Kier molecular flexibility index (Phi) is 1.50. The normalized spacial score (nSPS) is 33.3. The minimum atomic E-state index is 0.000833. The van der Waals surface area contributed by atoms with E-state index >= 15 is 0 Å². The molecular formula is C8H15NO2. The fourth-order valence-electron chi connectivity index (χ4n) is 1.37. The first-order valence-corrected chi connectivity index (χ1v) is 4.09. The van der Waals surface area contributed by atoms with Gasteiger partial charge in [-0.3, -0.25) is 0 Å². The van der Waals surface area contributed by atoms with Crippen LogP contribution in [0.4, 0.5) is 0 Å². The Balaban J connectivity index is 1.94. The van der Waals surface area contributed by atoms with Crippen molar-refractivity contribution in [3.05, 3.63) is 0 Å². The van der Waals surface area contributed by atoms with Gasteiger partial charge in [0.1, 0.15) is 0 Å². The van der Waals surface area contributed by atoms with Crippen LogP contribution in [0.15, 0.2) is 0 Å². The van der Waals surface area contributed by atoms with Crippen molar-refractivity contribution in [3.63, 3.8) is 0 Å². The van der Waals surface area contributed by atoms with Crippen molar-refractivity contribution in [1.82, 2.24) is 5.32 Å². The van der Waals surface area contributed by atoms with Gasteiger partial charge in [0.25, 0.3) is 0 Å². The van der Waals surface area contributed by atoms with Gasteiger partial charge in [-0.2, -0.15) is 0 Å². The first-order valence-electron chi connectivity index (χ1n) is 4.09. The standard InChI is InChI=1S/C8H15NO2/c1-7(2)3-9-8(6-11-7)4-10-5-8/h9H,3-6H2,1-2H3. The van der Waals surface area contributed by atoms with Gasteiger partial charge in [0, 0.05) is 6.54 Å². The monoisotopic (exact) mass is 157 g/mol. The number of nitrogens with one attached hydrogen (secondary N) is 1. The SMILES string of the molecule is CC1(C)CNC2(COC2)CO1. The first kappa shape index (κ1) is 7.53. The van der Waals surface area contributed by atoms with Crippen molar-refractivity contribution >= 4 is 0 Å². The third kappa shape index (κ3) is 1.28. The molecule has 1 N–H and O–H groups in total. The summed E-state index contributed by atoms with van der Waals surface area (Å²) in [4.78, 5) is 0. The Bertz CT molecular complexity index is 151. The third-order valence-corrected chi connectivity index (χ3v) is 2.39. The molecule has 3 heteroatoms. The summed E-state index contributed by atoms with van der Waals surface area (Å²) in [6.07, 6.45) is 0. The molecule has 0 saturated carbocycles. The molecule has 0 amide bonds. The van der Waals surface area contributed by atoms with Gasteiger partial charge in [-0.15, -0.1) is 0 Å². The molecule has 0 aromatic heterocycles. The molecule has 1 spiro atoms. The van der Waals surface area contributed by atoms with Crippen LogP contribution in [-0.4, -0.2) is 37.5 Å². The van der Waals surface area contributed by atoms with Crippen LogP contribution in [0, 0.1) is 0 Å². The Morgan fingerprint density at radius 3 is 2.27 bits per heavy atom. The van der Waals surface area contributed by atoms with Gasteiger partial charge < -0.3 is 14.8 Å². The summed E-state index contributed by atoms with van der Waals surface area (Å²) < 4.78 is 10.8. The van der Waals surface area contributed by atoms with Crippen molar-refractivity contribution in [1.29, 1.82) is 0 Å². The molecule has 0 unspecified atom stereocenters. The highest BCUT2D eigenvalue weighted by Crippen LogP contribution is 2.25. The highest BCUT2D eigenvalue weighted by Gasteiger charge is 2.44. The van der Waals surface area contributed by atoms with Gasteiger partial charge in [0.15, 0.2) is 0 Å². The van der Waals surface area contributed by atoms with Gasteiger partial charge in [0.05, 0.1) is 31.0 Å². The molecule has 0 aromatic rings. The maximum Gasteiger partial charge on any atom is 0.0891 e. The fourth-order valence-corrected chi connectivity index (χ4v) is 1.37. The second kappa shape index (κ2) is 2.19. The molecule has 0 bridgehead atoms. The minimum Gasteiger partial charge on any atom is -0.377 e. The maximum atomic E-state index is 5.68. The van der Waals surface area contributed by atoms with Crippen LogP contribution in [0.5, 0.6) is 0 Å². The minimum absolute atomic E-state index is 0.000833. The lowest BCUT2D eigenvalue weighted by Gasteiger charge is -2.49. The lowest BCUT2D eigenvalue weighted by Crippen LogP contribution is -2.69. The summed E-state index contributed by atoms with van der Waals surface area (Å²) in [6.45, 7) is 7.54. The van der Waals surface area contributed by atoms with Gasteiger partial charge in [-0.05, 0) is 13.8 Å². The zero-order valence-electron chi connectivity index (χ0n) is 7.14. The second-order valence-electron chi connectivity index (χ2n) is 4.18. The molecule has 0 radical (unpaired) electrons. The molecule has 0 aromatic carbocycles. The molecule has 2 aliphatic rings. The highest BCUT2D eigenvalue weighted by atomic mass is 16.5. The topological polar surface area (TPSA) is 30.5 Å². The molecule has 0 aliphatic carbocycles. The number of hydrogen-bond donors (Lipinski definition) is 1. The number of hydrogen-bond acceptors (Lipinski definition) is 3. The van der Waals surface area contributed by atoms with Gasteiger partial charge in [-0.25, -0.2) is 0 Å². The molecule has 2 aliphatic heterocycles. The van der Waals surface area contributed by atoms with E-state index in [4.69, 9.17) is 9.47 Å². The van der Waals surface area contributed by atoms with E-state index in [1.54, 1.807) is 0 Å². The molecule has 2 heterocycles. The largest absolute Gasteiger partial charge is 0.377 e.